The molecule has 0 saturated heterocycles. The normalized spacial score (nSPS) is 11.1. The van der Waals surface area contributed by atoms with E-state index in [-0.39, 0.29) is 24.8 Å². The molecule has 0 aromatic carbocycles. The van der Waals surface area contributed by atoms with Gasteiger partial charge in [0.25, 0.3) is 0 Å². The maximum Gasteiger partial charge on any atom is 0.0332 e. The molecule has 15 heavy (non-hydrogen) atoms. The number of nitrogens with zero attached hydrogens (tertiary/aromatic N) is 1. The van der Waals surface area contributed by atoms with E-state index in [1.54, 1.807) is 0 Å². The van der Waals surface area contributed by atoms with E-state index < -0.39 is 0 Å². The van der Waals surface area contributed by atoms with Crippen molar-refractivity contribution in [2.45, 2.75) is 32.2 Å². The van der Waals surface area contributed by atoms with Gasteiger partial charge in [-0.05, 0) is 25.1 Å². The predicted molar refractivity (Wildman–Crippen MR) is 70.1 cm³/mol. The monoisotopic (exact) mass is 250 g/mol. The third-order valence-corrected chi connectivity index (χ3v) is 2.28. The maximum absolute atomic E-state index is 4.12. The SMILES string of the molecule is CCCCC(NC)c1cccnc1.Cl.Cl. The second-order valence-corrected chi connectivity index (χ2v) is 3.27. The molecule has 0 aliphatic carbocycles. The number of hydrogen-bond donors (Lipinski definition) is 1. The molecule has 0 fully saturated rings. The molecule has 2 nitrogen and oxygen atoms in total. The van der Waals surface area contributed by atoms with Crippen LogP contribution in [0.15, 0.2) is 24.5 Å². The van der Waals surface area contributed by atoms with Gasteiger partial charge < -0.3 is 5.32 Å². The zero-order chi connectivity index (χ0) is 9.52. The Morgan fingerprint density at radius 1 is 1.40 bits per heavy atom. The summed E-state index contributed by atoms with van der Waals surface area (Å²) < 4.78 is 0. The first-order chi connectivity index (χ1) is 6.38. The molecule has 1 rings (SSSR count). The molecular weight excluding hydrogens is 231 g/mol. The molecule has 0 bridgehead atoms. The molecule has 0 aliphatic heterocycles. The molecular formula is C11H20Cl2N2. The van der Waals surface area contributed by atoms with E-state index in [1.807, 2.05) is 25.5 Å². The summed E-state index contributed by atoms with van der Waals surface area (Å²) >= 11 is 0. The van der Waals surface area contributed by atoms with Gasteiger partial charge in [0.05, 0.1) is 0 Å². The zero-order valence-corrected chi connectivity index (χ0v) is 10.9. The fourth-order valence-electron chi connectivity index (χ4n) is 1.47. The van der Waals surface area contributed by atoms with Crippen molar-refractivity contribution in [2.24, 2.45) is 0 Å². The maximum atomic E-state index is 4.12. The fourth-order valence-corrected chi connectivity index (χ4v) is 1.47. The van der Waals surface area contributed by atoms with Crippen LogP contribution >= 0.6 is 24.8 Å². The average molecular weight is 251 g/mol. The minimum absolute atomic E-state index is 0. The van der Waals surface area contributed by atoms with Crippen molar-refractivity contribution >= 4 is 24.8 Å². The highest BCUT2D eigenvalue weighted by Gasteiger charge is 2.06. The molecule has 1 atom stereocenters. The first-order valence-corrected chi connectivity index (χ1v) is 4.95. The van der Waals surface area contributed by atoms with Crippen molar-refractivity contribution in [3.05, 3.63) is 30.1 Å². The molecule has 0 amide bonds. The van der Waals surface area contributed by atoms with Crippen LogP contribution in [-0.2, 0) is 0 Å². The first kappa shape index (κ1) is 17.1. The van der Waals surface area contributed by atoms with E-state index in [2.05, 4.69) is 23.3 Å². The van der Waals surface area contributed by atoms with Crippen LogP contribution in [-0.4, -0.2) is 12.0 Å². The number of aromatic nitrogens is 1. The van der Waals surface area contributed by atoms with Crippen LogP contribution in [0.5, 0.6) is 0 Å². The molecule has 88 valence electrons. The lowest BCUT2D eigenvalue weighted by Crippen LogP contribution is -2.16. The topological polar surface area (TPSA) is 24.9 Å². The molecule has 1 heterocycles. The zero-order valence-electron chi connectivity index (χ0n) is 9.27. The van der Waals surface area contributed by atoms with Gasteiger partial charge in [-0.2, -0.15) is 0 Å². The molecule has 1 unspecified atom stereocenters. The number of unbranched alkanes of at least 4 members (excludes halogenated alkanes) is 1. The van der Waals surface area contributed by atoms with Gasteiger partial charge in [0, 0.05) is 18.4 Å². The molecule has 0 aliphatic rings. The summed E-state index contributed by atoms with van der Waals surface area (Å²) in [6.45, 7) is 2.22. The summed E-state index contributed by atoms with van der Waals surface area (Å²) in [7, 11) is 2.01. The summed E-state index contributed by atoms with van der Waals surface area (Å²) in [5.41, 5.74) is 1.29. The standard InChI is InChI=1S/C11H18N2.2ClH/c1-3-4-7-11(12-2)10-6-5-8-13-9-10;;/h5-6,8-9,11-12H,3-4,7H2,1-2H3;2*1H. The molecule has 0 saturated carbocycles. The molecule has 4 heteroatoms. The van der Waals surface area contributed by atoms with Crippen LogP contribution in [0.1, 0.15) is 37.8 Å². The smallest absolute Gasteiger partial charge is 0.0332 e. The number of halogens is 2. The van der Waals surface area contributed by atoms with Gasteiger partial charge in [0.1, 0.15) is 0 Å². The first-order valence-electron chi connectivity index (χ1n) is 4.95. The highest BCUT2D eigenvalue weighted by molar-refractivity contribution is 5.85. The minimum atomic E-state index is 0. The summed E-state index contributed by atoms with van der Waals surface area (Å²) in [6, 6.07) is 4.59. The summed E-state index contributed by atoms with van der Waals surface area (Å²) in [4.78, 5) is 4.12. The van der Waals surface area contributed by atoms with Gasteiger partial charge in [-0.3, -0.25) is 4.98 Å². The van der Waals surface area contributed by atoms with E-state index in [4.69, 9.17) is 0 Å². The number of rotatable bonds is 5. The predicted octanol–water partition coefficient (Wildman–Crippen LogP) is 3.38. The summed E-state index contributed by atoms with van der Waals surface area (Å²) in [5.74, 6) is 0. The number of nitrogens with one attached hydrogen (secondary N) is 1. The third-order valence-electron chi connectivity index (χ3n) is 2.28. The van der Waals surface area contributed by atoms with Crippen molar-refractivity contribution in [3.63, 3.8) is 0 Å². The van der Waals surface area contributed by atoms with Crippen LogP contribution in [0.4, 0.5) is 0 Å². The lowest BCUT2D eigenvalue weighted by atomic mass is 10.0. The molecule has 1 aromatic rings. The van der Waals surface area contributed by atoms with Gasteiger partial charge in [-0.1, -0.05) is 25.8 Å². The Balaban J connectivity index is 0. The lowest BCUT2D eigenvalue weighted by Gasteiger charge is -2.15. The van der Waals surface area contributed by atoms with Crippen molar-refractivity contribution in [3.8, 4) is 0 Å². The van der Waals surface area contributed by atoms with Crippen LogP contribution in [0, 0.1) is 0 Å². The largest absolute Gasteiger partial charge is 0.313 e. The molecule has 0 radical (unpaired) electrons. The van der Waals surface area contributed by atoms with Crippen molar-refractivity contribution in [1.82, 2.24) is 10.3 Å². The van der Waals surface area contributed by atoms with Crippen LogP contribution in [0.25, 0.3) is 0 Å². The molecule has 1 aromatic heterocycles. The molecule has 1 N–H and O–H groups in total. The van der Waals surface area contributed by atoms with Gasteiger partial charge in [0.2, 0.25) is 0 Å². The Kier molecular flexibility index (Phi) is 11.6. The van der Waals surface area contributed by atoms with Gasteiger partial charge in [0.15, 0.2) is 0 Å². The number of hydrogen-bond acceptors (Lipinski definition) is 2. The second kappa shape index (κ2) is 10.2. The van der Waals surface area contributed by atoms with Crippen LogP contribution < -0.4 is 5.32 Å². The van der Waals surface area contributed by atoms with Crippen molar-refractivity contribution < 1.29 is 0 Å². The lowest BCUT2D eigenvalue weighted by molar-refractivity contribution is 0.521. The van der Waals surface area contributed by atoms with Crippen LogP contribution in [0.3, 0.4) is 0 Å². The highest BCUT2D eigenvalue weighted by Crippen LogP contribution is 2.17. The van der Waals surface area contributed by atoms with Gasteiger partial charge >= 0.3 is 0 Å². The Hall–Kier alpha value is -0.310. The average Bonchev–Trinajstić information content (AvgIpc) is 2.21. The van der Waals surface area contributed by atoms with Gasteiger partial charge in [-0.15, -0.1) is 24.8 Å². The van der Waals surface area contributed by atoms with Gasteiger partial charge in [-0.25, -0.2) is 0 Å². The van der Waals surface area contributed by atoms with E-state index in [0.717, 1.165) is 0 Å². The van der Waals surface area contributed by atoms with E-state index in [0.29, 0.717) is 6.04 Å². The van der Waals surface area contributed by atoms with Crippen LogP contribution in [0.2, 0.25) is 0 Å². The fraction of sp³-hybridized carbons (Fsp3) is 0.545. The summed E-state index contributed by atoms with van der Waals surface area (Å²) in [6.07, 6.45) is 7.46. The van der Waals surface area contributed by atoms with E-state index >= 15 is 0 Å². The van der Waals surface area contributed by atoms with E-state index in [1.165, 1.54) is 24.8 Å². The van der Waals surface area contributed by atoms with Crippen molar-refractivity contribution in [2.75, 3.05) is 7.05 Å². The minimum Gasteiger partial charge on any atom is -0.313 e. The van der Waals surface area contributed by atoms with Crippen molar-refractivity contribution in [1.29, 1.82) is 0 Å². The Labute approximate surface area is 105 Å². The number of pyridine rings is 1. The Bertz CT molecular complexity index is 229. The Morgan fingerprint density at radius 2 is 2.13 bits per heavy atom. The summed E-state index contributed by atoms with van der Waals surface area (Å²) in [5, 5.41) is 3.31. The van der Waals surface area contributed by atoms with E-state index in [9.17, 15) is 0 Å². The highest BCUT2D eigenvalue weighted by atomic mass is 35.5. The quantitative estimate of drug-likeness (QED) is 0.867. The second-order valence-electron chi connectivity index (χ2n) is 3.27. The Morgan fingerprint density at radius 3 is 2.60 bits per heavy atom. The third kappa shape index (κ3) is 5.98. The molecule has 0 spiro atoms.